The number of hydrogen-bond acceptors (Lipinski definition) is 7. The maximum atomic E-state index is 13.3. The van der Waals surface area contributed by atoms with Crippen LogP contribution in [0.15, 0.2) is 36.5 Å². The van der Waals surface area contributed by atoms with Crippen LogP contribution in [0.1, 0.15) is 56.0 Å². The van der Waals surface area contributed by atoms with Gasteiger partial charge < -0.3 is 34.7 Å². The van der Waals surface area contributed by atoms with Crippen molar-refractivity contribution in [3.63, 3.8) is 0 Å². The molecule has 3 amide bonds. The molecule has 3 aromatic rings. The molecule has 1 saturated heterocycles. The summed E-state index contributed by atoms with van der Waals surface area (Å²) in [6, 6.07) is 8.14. The quantitative estimate of drug-likeness (QED) is 0.386. The number of carbonyl (C=O) groups is 4. The lowest BCUT2D eigenvalue weighted by atomic mass is 10.0. The Labute approximate surface area is 243 Å². The van der Waals surface area contributed by atoms with Crippen molar-refractivity contribution in [2.24, 2.45) is 12.8 Å². The molecule has 2 atom stereocenters. The van der Waals surface area contributed by atoms with Crippen molar-refractivity contribution in [3.05, 3.63) is 47.7 Å². The van der Waals surface area contributed by atoms with Crippen LogP contribution in [-0.4, -0.2) is 79.2 Å². The van der Waals surface area contributed by atoms with E-state index in [0.29, 0.717) is 41.2 Å². The van der Waals surface area contributed by atoms with Crippen LogP contribution in [-0.2, 0) is 27.9 Å². The molecule has 1 aromatic carbocycles. The lowest BCUT2D eigenvalue weighted by molar-refractivity contribution is -0.155. The fraction of sp³-hybridized carbons (Fsp3) is 0.433. The Morgan fingerprint density at radius 3 is 2.62 bits per heavy atom. The van der Waals surface area contributed by atoms with Crippen molar-refractivity contribution < 1.29 is 33.8 Å². The summed E-state index contributed by atoms with van der Waals surface area (Å²) in [5.74, 6) is -0.884. The number of amides is 3. The minimum atomic E-state index is -0.966. The average molecular weight is 578 g/mol. The van der Waals surface area contributed by atoms with E-state index >= 15 is 0 Å². The Balaban J connectivity index is 1.39. The van der Waals surface area contributed by atoms with Crippen LogP contribution in [0.2, 0.25) is 0 Å². The molecule has 0 spiro atoms. The fourth-order valence-corrected chi connectivity index (χ4v) is 5.48. The summed E-state index contributed by atoms with van der Waals surface area (Å²) in [5, 5.41) is 10.1. The standard InChI is InChI=1S/C30H35N5O7/c1-30(2,3)42-25(36)8-7-23(26(31)37)35-15-18-13-17(5-6-20(18)28(35)38)22-14-24(21-10-11-33(4)27(21)32-22)41-19-9-12-34(16-19)29(39)40/h5-6,10-11,13-14,19,23H,7-9,12,15-16H2,1-4H3,(H2,31,37)(H,39,40)/t19-,23+/m1/s1. The van der Waals surface area contributed by atoms with Gasteiger partial charge in [0, 0.05) is 56.4 Å². The average Bonchev–Trinajstić information content (AvgIpc) is 3.61. The summed E-state index contributed by atoms with van der Waals surface area (Å²) in [5.41, 5.74) is 8.25. The van der Waals surface area contributed by atoms with Gasteiger partial charge in [0.2, 0.25) is 5.91 Å². The van der Waals surface area contributed by atoms with E-state index in [1.807, 2.05) is 36.0 Å². The summed E-state index contributed by atoms with van der Waals surface area (Å²) >= 11 is 0. The number of carbonyl (C=O) groups excluding carboxylic acids is 3. The third kappa shape index (κ3) is 5.88. The van der Waals surface area contributed by atoms with Crippen LogP contribution >= 0.6 is 0 Å². The molecule has 42 heavy (non-hydrogen) atoms. The number of rotatable bonds is 8. The van der Waals surface area contributed by atoms with Gasteiger partial charge in [0.05, 0.1) is 17.6 Å². The predicted molar refractivity (Wildman–Crippen MR) is 153 cm³/mol. The van der Waals surface area contributed by atoms with Crippen LogP contribution < -0.4 is 10.5 Å². The molecule has 0 aliphatic carbocycles. The molecule has 5 rings (SSSR count). The van der Waals surface area contributed by atoms with Crippen molar-refractivity contribution in [2.45, 2.75) is 64.3 Å². The topological polar surface area (TPSA) is 157 Å². The number of likely N-dealkylation sites (tertiary alicyclic amines) is 1. The summed E-state index contributed by atoms with van der Waals surface area (Å²) in [7, 11) is 1.88. The molecule has 12 nitrogen and oxygen atoms in total. The van der Waals surface area contributed by atoms with Crippen molar-refractivity contribution in [2.75, 3.05) is 13.1 Å². The molecule has 0 unspecified atom stereocenters. The van der Waals surface area contributed by atoms with Crippen LogP contribution in [0.4, 0.5) is 4.79 Å². The van der Waals surface area contributed by atoms with E-state index in [1.165, 1.54) is 9.80 Å². The number of primary amides is 1. The first-order valence-electron chi connectivity index (χ1n) is 13.9. The Hall–Kier alpha value is -4.61. The third-order valence-corrected chi connectivity index (χ3v) is 7.49. The van der Waals surface area contributed by atoms with Crippen LogP contribution in [0.3, 0.4) is 0 Å². The van der Waals surface area contributed by atoms with Gasteiger partial charge in [0.25, 0.3) is 5.91 Å². The van der Waals surface area contributed by atoms with Gasteiger partial charge in [0.15, 0.2) is 0 Å². The number of fused-ring (bicyclic) bond motifs is 2. The minimum absolute atomic E-state index is 0.0507. The first kappa shape index (κ1) is 28.9. The van der Waals surface area contributed by atoms with E-state index in [0.717, 1.165) is 10.9 Å². The van der Waals surface area contributed by atoms with Crippen molar-refractivity contribution in [3.8, 4) is 17.0 Å². The monoisotopic (exact) mass is 577 g/mol. The van der Waals surface area contributed by atoms with E-state index in [9.17, 15) is 24.3 Å². The number of aryl methyl sites for hydroxylation is 1. The molecule has 4 heterocycles. The van der Waals surface area contributed by atoms with Crippen LogP contribution in [0.5, 0.6) is 5.75 Å². The van der Waals surface area contributed by atoms with Crippen molar-refractivity contribution in [1.82, 2.24) is 19.4 Å². The Bertz CT molecular complexity index is 1570. The highest BCUT2D eigenvalue weighted by atomic mass is 16.6. The van der Waals surface area contributed by atoms with Crippen LogP contribution in [0.25, 0.3) is 22.3 Å². The second-order valence-corrected chi connectivity index (χ2v) is 11.8. The first-order valence-corrected chi connectivity index (χ1v) is 13.9. The van der Waals surface area contributed by atoms with Gasteiger partial charge >= 0.3 is 12.1 Å². The second kappa shape index (κ2) is 11.0. The molecule has 0 bridgehead atoms. The molecule has 3 N–H and O–H groups in total. The maximum absolute atomic E-state index is 13.3. The largest absolute Gasteiger partial charge is 0.488 e. The summed E-state index contributed by atoms with van der Waals surface area (Å²) in [6.45, 7) is 6.14. The zero-order chi connectivity index (χ0) is 30.3. The number of benzene rings is 1. The molecule has 1 fully saturated rings. The van der Waals surface area contributed by atoms with E-state index in [2.05, 4.69) is 0 Å². The zero-order valence-electron chi connectivity index (χ0n) is 24.1. The van der Waals surface area contributed by atoms with Gasteiger partial charge in [-0.2, -0.15) is 0 Å². The molecule has 2 aromatic heterocycles. The highest BCUT2D eigenvalue weighted by Crippen LogP contribution is 2.35. The summed E-state index contributed by atoms with van der Waals surface area (Å²) < 4.78 is 13.5. The number of nitrogens with zero attached hydrogens (tertiary/aromatic N) is 4. The number of carboxylic acid groups (broad SMARTS) is 1. The lowest BCUT2D eigenvalue weighted by Crippen LogP contribution is -2.45. The van der Waals surface area contributed by atoms with Gasteiger partial charge in [-0.05, 0) is 51.0 Å². The van der Waals surface area contributed by atoms with Crippen molar-refractivity contribution >= 4 is 34.9 Å². The highest BCUT2D eigenvalue weighted by Gasteiger charge is 2.36. The van der Waals surface area contributed by atoms with E-state index in [1.54, 1.807) is 32.9 Å². The molecule has 2 aliphatic rings. The molecule has 0 radical (unpaired) electrons. The smallest absolute Gasteiger partial charge is 0.407 e. The van der Waals surface area contributed by atoms with Crippen LogP contribution in [0, 0.1) is 0 Å². The third-order valence-electron chi connectivity index (χ3n) is 7.49. The van der Waals surface area contributed by atoms with E-state index < -0.39 is 29.6 Å². The number of esters is 1. The lowest BCUT2D eigenvalue weighted by Gasteiger charge is -2.25. The molecule has 2 aliphatic heterocycles. The van der Waals surface area contributed by atoms with E-state index in [4.69, 9.17) is 20.2 Å². The molecule has 222 valence electrons. The number of hydrogen-bond donors (Lipinski definition) is 2. The minimum Gasteiger partial charge on any atom is -0.488 e. The summed E-state index contributed by atoms with van der Waals surface area (Å²) in [4.78, 5) is 56.9. The highest BCUT2D eigenvalue weighted by molar-refractivity contribution is 6.01. The van der Waals surface area contributed by atoms with E-state index in [-0.39, 0.29) is 37.9 Å². The van der Waals surface area contributed by atoms with Gasteiger partial charge in [-0.1, -0.05) is 6.07 Å². The molecular formula is C30H35N5O7. The fourth-order valence-electron chi connectivity index (χ4n) is 5.48. The maximum Gasteiger partial charge on any atom is 0.407 e. The van der Waals surface area contributed by atoms with Crippen molar-refractivity contribution in [1.29, 1.82) is 0 Å². The first-order chi connectivity index (χ1) is 19.8. The summed E-state index contributed by atoms with van der Waals surface area (Å²) in [6.07, 6.45) is 1.23. The van der Waals surface area contributed by atoms with Gasteiger partial charge in [0.1, 0.15) is 29.1 Å². The van der Waals surface area contributed by atoms with Gasteiger partial charge in [-0.25, -0.2) is 9.78 Å². The Morgan fingerprint density at radius 2 is 1.95 bits per heavy atom. The van der Waals surface area contributed by atoms with Gasteiger partial charge in [-0.3, -0.25) is 14.4 Å². The number of nitrogens with two attached hydrogens (primary N) is 1. The molecular weight excluding hydrogens is 542 g/mol. The molecule has 0 saturated carbocycles. The predicted octanol–water partition coefficient (Wildman–Crippen LogP) is 3.30. The zero-order valence-corrected chi connectivity index (χ0v) is 24.1. The number of pyridine rings is 1. The SMILES string of the molecule is Cn1ccc2c(O[C@@H]3CCN(C(=O)O)C3)cc(-c3ccc4c(c3)CN([C@@H](CCC(=O)OC(C)(C)C)C(N)=O)C4=O)nc21. The molecule has 12 heteroatoms. The Kier molecular flexibility index (Phi) is 7.56. The second-order valence-electron chi connectivity index (χ2n) is 11.8. The Morgan fingerprint density at radius 1 is 1.19 bits per heavy atom. The normalized spacial score (nSPS) is 17.4. The number of aromatic nitrogens is 2. The van der Waals surface area contributed by atoms with Gasteiger partial charge in [-0.15, -0.1) is 0 Å². The number of ether oxygens (including phenoxy) is 2.